The van der Waals surface area contributed by atoms with E-state index in [1.165, 1.54) is 5.56 Å². The van der Waals surface area contributed by atoms with E-state index >= 15 is 0 Å². The van der Waals surface area contributed by atoms with E-state index in [1.807, 2.05) is 23.1 Å². The predicted molar refractivity (Wildman–Crippen MR) is 74.7 cm³/mol. The number of hydrogen-bond acceptors (Lipinski definition) is 3. The molecule has 0 unspecified atom stereocenters. The summed E-state index contributed by atoms with van der Waals surface area (Å²) >= 11 is 1.56. The lowest BCUT2D eigenvalue weighted by atomic mass is 10.2. The molecule has 0 aliphatic rings. The number of nitrogens with zero attached hydrogens (tertiary/aromatic N) is 2. The van der Waals surface area contributed by atoms with Crippen LogP contribution in [0.15, 0.2) is 53.3 Å². The Kier molecular flexibility index (Phi) is 3.99. The Bertz CT molecular complexity index is 593. The fourth-order valence-corrected chi connectivity index (χ4v) is 2.30. The van der Waals surface area contributed by atoms with Crippen molar-refractivity contribution in [1.29, 1.82) is 0 Å². The third kappa shape index (κ3) is 2.90. The summed E-state index contributed by atoms with van der Waals surface area (Å²) in [5, 5.41) is 2.00. The van der Waals surface area contributed by atoms with Crippen LogP contribution in [0.25, 0.3) is 5.69 Å². The molecule has 2 rings (SSSR count). The van der Waals surface area contributed by atoms with Crippen LogP contribution in [0, 0.1) is 6.92 Å². The molecule has 0 radical (unpaired) electrons. The van der Waals surface area contributed by atoms with Crippen LogP contribution in [0.5, 0.6) is 0 Å². The first-order chi connectivity index (χ1) is 8.70. The molecule has 3 nitrogen and oxygen atoms in total. The SMILES string of the molecule is C=C(N=c1sccn1-c1ccc(C)cc1)OCC. The molecular formula is C14H16N2OS. The topological polar surface area (TPSA) is 26.5 Å². The average molecular weight is 260 g/mol. The zero-order valence-electron chi connectivity index (χ0n) is 10.6. The van der Waals surface area contributed by atoms with Crippen molar-refractivity contribution < 1.29 is 4.74 Å². The molecule has 1 aromatic heterocycles. The molecule has 0 atom stereocenters. The number of aromatic nitrogens is 1. The summed E-state index contributed by atoms with van der Waals surface area (Å²) in [7, 11) is 0. The highest BCUT2D eigenvalue weighted by atomic mass is 32.1. The number of hydrogen-bond donors (Lipinski definition) is 0. The van der Waals surface area contributed by atoms with E-state index < -0.39 is 0 Å². The second-order valence-corrected chi connectivity index (χ2v) is 4.70. The van der Waals surface area contributed by atoms with Gasteiger partial charge in [-0.25, -0.2) is 0 Å². The Balaban J connectivity index is 2.39. The molecule has 0 aliphatic carbocycles. The van der Waals surface area contributed by atoms with Gasteiger partial charge in [0, 0.05) is 17.3 Å². The fraction of sp³-hybridized carbons (Fsp3) is 0.214. The zero-order valence-corrected chi connectivity index (χ0v) is 11.4. The maximum atomic E-state index is 5.26. The van der Waals surface area contributed by atoms with Gasteiger partial charge in [-0.3, -0.25) is 4.57 Å². The van der Waals surface area contributed by atoms with Crippen LogP contribution < -0.4 is 4.80 Å². The van der Waals surface area contributed by atoms with Crippen molar-refractivity contribution in [3.05, 3.63) is 58.7 Å². The van der Waals surface area contributed by atoms with Gasteiger partial charge in [-0.2, -0.15) is 4.99 Å². The lowest BCUT2D eigenvalue weighted by molar-refractivity contribution is 0.227. The van der Waals surface area contributed by atoms with E-state index in [2.05, 4.69) is 42.8 Å². The second-order valence-electron chi connectivity index (χ2n) is 3.83. The fourth-order valence-electron chi connectivity index (χ4n) is 1.56. The first-order valence-corrected chi connectivity index (χ1v) is 6.68. The highest BCUT2D eigenvalue weighted by Crippen LogP contribution is 2.08. The van der Waals surface area contributed by atoms with E-state index in [0.29, 0.717) is 12.5 Å². The minimum Gasteiger partial charge on any atom is -0.478 e. The molecule has 0 N–H and O–H groups in total. The smallest absolute Gasteiger partial charge is 0.208 e. The average Bonchev–Trinajstić information content (AvgIpc) is 2.78. The molecule has 0 bridgehead atoms. The van der Waals surface area contributed by atoms with E-state index in [0.717, 1.165) is 10.5 Å². The Labute approximate surface area is 111 Å². The summed E-state index contributed by atoms with van der Waals surface area (Å²) in [5.74, 6) is 0.445. The molecule has 0 fully saturated rings. The van der Waals surface area contributed by atoms with Crippen LogP contribution in [0.3, 0.4) is 0 Å². The lowest BCUT2D eigenvalue weighted by Crippen LogP contribution is -2.12. The van der Waals surface area contributed by atoms with Crippen LogP contribution in [-0.4, -0.2) is 11.2 Å². The molecule has 0 aliphatic heterocycles. The molecule has 4 heteroatoms. The second kappa shape index (κ2) is 5.69. The van der Waals surface area contributed by atoms with Gasteiger partial charge in [-0.05, 0) is 32.6 Å². The molecule has 1 heterocycles. The van der Waals surface area contributed by atoms with Gasteiger partial charge in [0.2, 0.25) is 5.88 Å². The van der Waals surface area contributed by atoms with E-state index in [9.17, 15) is 0 Å². The zero-order chi connectivity index (χ0) is 13.0. The van der Waals surface area contributed by atoms with Gasteiger partial charge < -0.3 is 4.74 Å². The molecule has 2 aromatic rings. The molecular weight excluding hydrogens is 244 g/mol. The molecule has 94 valence electrons. The third-order valence-corrected chi connectivity index (χ3v) is 3.19. The maximum absolute atomic E-state index is 5.26. The van der Waals surface area contributed by atoms with Gasteiger partial charge in [0.25, 0.3) is 0 Å². The molecule has 18 heavy (non-hydrogen) atoms. The standard InChI is InChI=1S/C14H16N2OS/c1-4-17-12(3)15-14-16(9-10-18-14)13-7-5-11(2)6-8-13/h5-10H,3-4H2,1-2H3. The predicted octanol–water partition coefficient (Wildman–Crippen LogP) is 3.26. The summed E-state index contributed by atoms with van der Waals surface area (Å²) in [6.45, 7) is 8.35. The third-order valence-electron chi connectivity index (χ3n) is 2.43. The van der Waals surface area contributed by atoms with Crippen molar-refractivity contribution in [2.45, 2.75) is 13.8 Å². The summed E-state index contributed by atoms with van der Waals surface area (Å²) in [5.41, 5.74) is 2.33. The van der Waals surface area contributed by atoms with Crippen LogP contribution in [-0.2, 0) is 4.74 Å². The van der Waals surface area contributed by atoms with E-state index in [1.54, 1.807) is 11.3 Å². The molecule has 0 saturated heterocycles. The van der Waals surface area contributed by atoms with Crippen molar-refractivity contribution in [3.63, 3.8) is 0 Å². The van der Waals surface area contributed by atoms with Gasteiger partial charge in [0.15, 0.2) is 4.80 Å². The monoisotopic (exact) mass is 260 g/mol. The molecule has 1 aromatic carbocycles. The van der Waals surface area contributed by atoms with Crippen LogP contribution in [0.4, 0.5) is 0 Å². The van der Waals surface area contributed by atoms with Crippen molar-refractivity contribution in [2.75, 3.05) is 6.61 Å². The summed E-state index contributed by atoms with van der Waals surface area (Å²) in [4.78, 5) is 5.23. The first kappa shape index (κ1) is 12.6. The minimum absolute atomic E-state index is 0.445. The summed E-state index contributed by atoms with van der Waals surface area (Å²) in [6, 6.07) is 8.32. The quantitative estimate of drug-likeness (QED) is 0.775. The highest BCUT2D eigenvalue weighted by Gasteiger charge is 1.99. The Morgan fingerprint density at radius 1 is 1.39 bits per heavy atom. The normalized spacial score (nSPS) is 11.6. The van der Waals surface area contributed by atoms with E-state index in [4.69, 9.17) is 4.74 Å². The van der Waals surface area contributed by atoms with Gasteiger partial charge >= 0.3 is 0 Å². The number of rotatable bonds is 4. The van der Waals surface area contributed by atoms with Crippen molar-refractivity contribution in [3.8, 4) is 5.69 Å². The van der Waals surface area contributed by atoms with Crippen molar-refractivity contribution in [1.82, 2.24) is 4.57 Å². The van der Waals surface area contributed by atoms with Crippen molar-refractivity contribution >= 4 is 11.3 Å². The van der Waals surface area contributed by atoms with Crippen LogP contribution >= 0.6 is 11.3 Å². The van der Waals surface area contributed by atoms with Gasteiger partial charge in [-0.1, -0.05) is 17.7 Å². The van der Waals surface area contributed by atoms with Crippen LogP contribution in [0.2, 0.25) is 0 Å². The molecule has 0 amide bonds. The van der Waals surface area contributed by atoms with Gasteiger partial charge in [-0.15, -0.1) is 11.3 Å². The number of benzene rings is 1. The Hall–Kier alpha value is -1.81. The molecule has 0 saturated carbocycles. The van der Waals surface area contributed by atoms with E-state index in [-0.39, 0.29) is 0 Å². The maximum Gasteiger partial charge on any atom is 0.208 e. The Morgan fingerprint density at radius 3 is 2.78 bits per heavy atom. The Morgan fingerprint density at radius 2 is 2.11 bits per heavy atom. The first-order valence-electron chi connectivity index (χ1n) is 5.80. The van der Waals surface area contributed by atoms with Gasteiger partial charge in [0.1, 0.15) is 0 Å². The number of aryl methyl sites for hydroxylation is 1. The number of thiazole rings is 1. The lowest BCUT2D eigenvalue weighted by Gasteiger charge is -2.04. The summed E-state index contributed by atoms with van der Waals surface area (Å²) in [6.07, 6.45) is 1.99. The molecule has 0 spiro atoms. The van der Waals surface area contributed by atoms with Gasteiger partial charge in [0.05, 0.1) is 6.61 Å². The van der Waals surface area contributed by atoms with Crippen LogP contribution in [0.1, 0.15) is 12.5 Å². The largest absolute Gasteiger partial charge is 0.478 e. The van der Waals surface area contributed by atoms with Crippen molar-refractivity contribution in [2.24, 2.45) is 4.99 Å². The number of ether oxygens (including phenoxy) is 1. The summed E-state index contributed by atoms with van der Waals surface area (Å²) < 4.78 is 7.28. The minimum atomic E-state index is 0.445. The highest BCUT2D eigenvalue weighted by molar-refractivity contribution is 7.07.